The molecule has 0 saturated heterocycles. The van der Waals surface area contributed by atoms with Crippen LogP contribution in [0.3, 0.4) is 0 Å². The molecular weight excluding hydrogens is 500 g/mol. The SMILES string of the molecule is CCOc1ccc(Oc2cc(CNC(=NC)NCCC(F)(F)F)ccn2)cc1.I. The van der Waals surface area contributed by atoms with Crippen LogP contribution in [0.25, 0.3) is 0 Å². The van der Waals surface area contributed by atoms with Crippen LogP contribution in [-0.4, -0.2) is 37.3 Å². The Hall–Kier alpha value is -2.24. The first-order valence-corrected chi connectivity index (χ1v) is 8.76. The molecule has 1 heterocycles. The highest BCUT2D eigenvalue weighted by Crippen LogP contribution is 2.23. The van der Waals surface area contributed by atoms with Crippen molar-refractivity contribution in [2.24, 2.45) is 4.99 Å². The first-order chi connectivity index (χ1) is 13.4. The molecule has 2 aromatic rings. The first kappa shape index (κ1) is 24.8. The number of aromatic nitrogens is 1. The number of rotatable bonds is 8. The van der Waals surface area contributed by atoms with E-state index in [4.69, 9.17) is 9.47 Å². The molecule has 1 aromatic heterocycles. The maximum atomic E-state index is 12.2. The second-order valence-electron chi connectivity index (χ2n) is 5.73. The monoisotopic (exact) mass is 524 g/mol. The fourth-order valence-corrected chi connectivity index (χ4v) is 2.24. The zero-order chi connectivity index (χ0) is 20.4. The Bertz CT molecular complexity index is 771. The lowest BCUT2D eigenvalue weighted by Gasteiger charge is -2.13. The van der Waals surface area contributed by atoms with E-state index in [2.05, 4.69) is 20.6 Å². The quantitative estimate of drug-likeness (QED) is 0.303. The zero-order valence-electron chi connectivity index (χ0n) is 16.1. The largest absolute Gasteiger partial charge is 0.494 e. The Balaban J connectivity index is 0.00000420. The molecule has 29 heavy (non-hydrogen) atoms. The molecule has 0 spiro atoms. The normalized spacial score (nSPS) is 11.4. The molecule has 160 valence electrons. The first-order valence-electron chi connectivity index (χ1n) is 8.76. The topological polar surface area (TPSA) is 67.8 Å². The summed E-state index contributed by atoms with van der Waals surface area (Å²) in [4.78, 5) is 8.07. The molecule has 0 atom stereocenters. The molecule has 6 nitrogen and oxygen atoms in total. The van der Waals surface area contributed by atoms with Crippen LogP contribution in [0.15, 0.2) is 47.6 Å². The number of benzene rings is 1. The Morgan fingerprint density at radius 2 is 1.79 bits per heavy atom. The molecular formula is C19H24F3IN4O2. The average Bonchev–Trinajstić information content (AvgIpc) is 2.66. The van der Waals surface area contributed by atoms with Gasteiger partial charge in [0.1, 0.15) is 11.5 Å². The molecule has 0 radical (unpaired) electrons. The predicted octanol–water partition coefficient (Wildman–Crippen LogP) is 4.51. The third-order valence-electron chi connectivity index (χ3n) is 3.54. The van der Waals surface area contributed by atoms with Crippen molar-refractivity contribution in [3.8, 4) is 17.4 Å². The number of ether oxygens (including phenoxy) is 2. The van der Waals surface area contributed by atoms with Gasteiger partial charge in [0.2, 0.25) is 5.88 Å². The third-order valence-corrected chi connectivity index (χ3v) is 3.54. The number of alkyl halides is 3. The maximum Gasteiger partial charge on any atom is 0.390 e. The van der Waals surface area contributed by atoms with E-state index in [1.54, 1.807) is 42.6 Å². The standard InChI is InChI=1S/C19H23F3N4O2.HI/c1-3-27-15-4-6-16(7-5-15)28-17-12-14(8-10-24-17)13-26-18(23-2)25-11-9-19(20,21)22;/h4-8,10,12H,3,9,11,13H2,1-2H3,(H2,23,25,26);1H. The van der Waals surface area contributed by atoms with Gasteiger partial charge in [-0.05, 0) is 42.8 Å². The van der Waals surface area contributed by atoms with Crippen LogP contribution < -0.4 is 20.1 Å². The lowest BCUT2D eigenvalue weighted by Crippen LogP contribution is -2.38. The predicted molar refractivity (Wildman–Crippen MR) is 116 cm³/mol. The summed E-state index contributed by atoms with van der Waals surface area (Å²) in [6, 6.07) is 10.7. The molecule has 0 unspecified atom stereocenters. The van der Waals surface area contributed by atoms with Crippen molar-refractivity contribution < 1.29 is 22.6 Å². The van der Waals surface area contributed by atoms with Gasteiger partial charge in [0.05, 0.1) is 13.0 Å². The summed E-state index contributed by atoms with van der Waals surface area (Å²) in [5.74, 6) is 2.06. The van der Waals surface area contributed by atoms with E-state index in [9.17, 15) is 13.2 Å². The highest BCUT2D eigenvalue weighted by molar-refractivity contribution is 14.0. The molecule has 1 aromatic carbocycles. The van der Waals surface area contributed by atoms with Gasteiger partial charge in [0.25, 0.3) is 0 Å². The molecule has 0 aliphatic carbocycles. The molecule has 2 rings (SSSR count). The highest BCUT2D eigenvalue weighted by atomic mass is 127. The lowest BCUT2D eigenvalue weighted by molar-refractivity contribution is -0.132. The minimum Gasteiger partial charge on any atom is -0.494 e. The summed E-state index contributed by atoms with van der Waals surface area (Å²) in [6.45, 7) is 2.61. The van der Waals surface area contributed by atoms with Crippen molar-refractivity contribution in [3.05, 3.63) is 48.2 Å². The summed E-state index contributed by atoms with van der Waals surface area (Å²) in [5.41, 5.74) is 0.842. The number of pyridine rings is 1. The van der Waals surface area contributed by atoms with Crippen molar-refractivity contribution >= 4 is 29.9 Å². The van der Waals surface area contributed by atoms with Crippen molar-refractivity contribution in [2.75, 3.05) is 20.2 Å². The molecule has 0 saturated carbocycles. The van der Waals surface area contributed by atoms with Crippen LogP contribution in [-0.2, 0) is 6.54 Å². The minimum absolute atomic E-state index is 0. The van der Waals surface area contributed by atoms with E-state index in [1.807, 2.05) is 6.92 Å². The fourth-order valence-electron chi connectivity index (χ4n) is 2.24. The van der Waals surface area contributed by atoms with E-state index in [-0.39, 0.29) is 36.5 Å². The summed E-state index contributed by atoms with van der Waals surface area (Å²) >= 11 is 0. The van der Waals surface area contributed by atoms with E-state index in [0.717, 1.165) is 11.3 Å². The van der Waals surface area contributed by atoms with E-state index >= 15 is 0 Å². The van der Waals surface area contributed by atoms with Gasteiger partial charge in [0.15, 0.2) is 5.96 Å². The number of halogens is 4. The molecule has 10 heteroatoms. The van der Waals surface area contributed by atoms with Crippen LogP contribution in [0.4, 0.5) is 13.2 Å². The van der Waals surface area contributed by atoms with Gasteiger partial charge >= 0.3 is 6.18 Å². The van der Waals surface area contributed by atoms with Gasteiger partial charge in [0, 0.05) is 32.4 Å². The molecule has 0 aliphatic heterocycles. The van der Waals surface area contributed by atoms with Crippen LogP contribution in [0.5, 0.6) is 17.4 Å². The number of aliphatic imine (C=N–C) groups is 1. The summed E-state index contributed by atoms with van der Waals surface area (Å²) in [7, 11) is 1.50. The van der Waals surface area contributed by atoms with Crippen molar-refractivity contribution in [1.29, 1.82) is 0 Å². The van der Waals surface area contributed by atoms with Crippen molar-refractivity contribution in [1.82, 2.24) is 15.6 Å². The Morgan fingerprint density at radius 3 is 2.41 bits per heavy atom. The minimum atomic E-state index is -4.20. The van der Waals surface area contributed by atoms with Crippen LogP contribution in [0, 0.1) is 0 Å². The van der Waals surface area contributed by atoms with Crippen LogP contribution in [0.2, 0.25) is 0 Å². The summed E-state index contributed by atoms with van der Waals surface area (Å²) in [6.07, 6.45) is -3.53. The van der Waals surface area contributed by atoms with E-state index in [0.29, 0.717) is 24.8 Å². The number of guanidine groups is 1. The number of nitrogens with zero attached hydrogens (tertiary/aromatic N) is 2. The Kier molecular flexibility index (Phi) is 10.6. The molecule has 0 amide bonds. The van der Waals surface area contributed by atoms with Crippen LogP contribution >= 0.6 is 24.0 Å². The highest BCUT2D eigenvalue weighted by Gasteiger charge is 2.26. The van der Waals surface area contributed by atoms with Gasteiger partial charge < -0.3 is 20.1 Å². The summed E-state index contributed by atoms with van der Waals surface area (Å²) in [5, 5.41) is 5.58. The number of nitrogens with one attached hydrogen (secondary N) is 2. The zero-order valence-corrected chi connectivity index (χ0v) is 18.5. The maximum absolute atomic E-state index is 12.2. The van der Waals surface area contributed by atoms with E-state index < -0.39 is 12.6 Å². The van der Waals surface area contributed by atoms with Crippen molar-refractivity contribution in [2.45, 2.75) is 26.1 Å². The second kappa shape index (κ2) is 12.3. The van der Waals surface area contributed by atoms with Crippen molar-refractivity contribution in [3.63, 3.8) is 0 Å². The van der Waals surface area contributed by atoms with E-state index in [1.165, 1.54) is 7.05 Å². The molecule has 0 bridgehead atoms. The molecule has 2 N–H and O–H groups in total. The average molecular weight is 524 g/mol. The molecule has 0 aliphatic rings. The van der Waals surface area contributed by atoms with Gasteiger partial charge in [-0.2, -0.15) is 13.2 Å². The second-order valence-corrected chi connectivity index (χ2v) is 5.73. The number of hydrogen-bond donors (Lipinski definition) is 2. The van der Waals surface area contributed by atoms with Gasteiger partial charge in [-0.25, -0.2) is 4.98 Å². The third kappa shape index (κ3) is 9.68. The Morgan fingerprint density at radius 1 is 1.10 bits per heavy atom. The smallest absolute Gasteiger partial charge is 0.390 e. The fraction of sp³-hybridized carbons (Fsp3) is 0.368. The van der Waals surface area contributed by atoms with Gasteiger partial charge in [-0.1, -0.05) is 0 Å². The van der Waals surface area contributed by atoms with Gasteiger partial charge in [-0.3, -0.25) is 4.99 Å². The van der Waals surface area contributed by atoms with Crippen LogP contribution in [0.1, 0.15) is 18.9 Å². The Labute approximate surface area is 184 Å². The number of hydrogen-bond acceptors (Lipinski definition) is 4. The lowest BCUT2D eigenvalue weighted by atomic mass is 10.2. The van der Waals surface area contributed by atoms with Gasteiger partial charge in [-0.15, -0.1) is 24.0 Å². The summed E-state index contributed by atoms with van der Waals surface area (Å²) < 4.78 is 47.8. The molecule has 0 fully saturated rings.